The molecule has 0 spiro atoms. The van der Waals surface area contributed by atoms with Gasteiger partial charge in [0.1, 0.15) is 0 Å². The molecule has 1 heterocycles. The van der Waals surface area contributed by atoms with E-state index in [1.54, 1.807) is 0 Å². The van der Waals surface area contributed by atoms with E-state index < -0.39 is 6.16 Å². The molecule has 0 aliphatic heterocycles. The van der Waals surface area contributed by atoms with E-state index in [-0.39, 0.29) is 21.7 Å². The highest BCUT2D eigenvalue weighted by atomic mass is 35.5. The van der Waals surface area contributed by atoms with Crippen molar-refractivity contribution in [3.8, 4) is 5.75 Å². The maximum atomic E-state index is 11.4. The minimum atomic E-state index is -1.48. The number of hydrogen-bond donors (Lipinski definition) is 2. The van der Waals surface area contributed by atoms with Crippen LogP contribution in [0.15, 0.2) is 23.3 Å². The summed E-state index contributed by atoms with van der Waals surface area (Å²) in [5.41, 5.74) is -0.0434. The molecule has 0 bridgehead atoms. The summed E-state index contributed by atoms with van der Waals surface area (Å²) in [4.78, 5) is 28.0. The number of carbonyl (C=O) groups is 1. The first kappa shape index (κ1) is 10.4. The lowest BCUT2D eigenvalue weighted by Crippen LogP contribution is -2.08. The van der Waals surface area contributed by atoms with E-state index in [2.05, 4.69) is 14.7 Å². The van der Waals surface area contributed by atoms with E-state index in [9.17, 15) is 9.59 Å². The van der Waals surface area contributed by atoms with Crippen LogP contribution in [0.5, 0.6) is 5.75 Å². The first-order valence-corrected chi connectivity index (χ1v) is 4.53. The molecular formula is C9H5ClN2O4. The molecule has 0 amide bonds. The SMILES string of the molecule is O=C(O)Oc1cc2nc[nH]c(=O)c2cc1Cl. The number of carboxylic acid groups (broad SMARTS) is 1. The Hall–Kier alpha value is -2.08. The number of fused-ring (bicyclic) bond motifs is 1. The van der Waals surface area contributed by atoms with E-state index in [4.69, 9.17) is 16.7 Å². The van der Waals surface area contributed by atoms with Crippen LogP contribution >= 0.6 is 11.6 Å². The number of aromatic amines is 1. The van der Waals surface area contributed by atoms with Crippen LogP contribution in [0.25, 0.3) is 10.9 Å². The van der Waals surface area contributed by atoms with Crippen LogP contribution in [0.1, 0.15) is 0 Å². The van der Waals surface area contributed by atoms with Crippen LogP contribution < -0.4 is 10.3 Å². The molecule has 1 aromatic heterocycles. The summed E-state index contributed by atoms with van der Waals surface area (Å²) in [7, 11) is 0. The van der Waals surface area contributed by atoms with E-state index in [0.29, 0.717) is 5.52 Å². The van der Waals surface area contributed by atoms with Gasteiger partial charge in [0.05, 0.1) is 22.3 Å². The highest BCUT2D eigenvalue weighted by Gasteiger charge is 2.10. The lowest BCUT2D eigenvalue weighted by molar-refractivity contribution is 0.144. The lowest BCUT2D eigenvalue weighted by Gasteiger charge is -2.03. The first-order chi connectivity index (χ1) is 7.58. The Bertz CT molecular complexity index is 622. The predicted molar refractivity (Wildman–Crippen MR) is 56.0 cm³/mol. The summed E-state index contributed by atoms with van der Waals surface area (Å²) >= 11 is 5.75. The minimum absolute atomic E-state index is 0.0356. The van der Waals surface area contributed by atoms with Gasteiger partial charge >= 0.3 is 6.16 Å². The molecule has 0 saturated heterocycles. The fourth-order valence-corrected chi connectivity index (χ4v) is 1.44. The number of benzene rings is 1. The van der Waals surface area contributed by atoms with E-state index in [0.717, 1.165) is 0 Å². The Morgan fingerprint density at radius 1 is 1.50 bits per heavy atom. The van der Waals surface area contributed by atoms with E-state index in [1.807, 2.05) is 0 Å². The zero-order valence-corrected chi connectivity index (χ0v) is 8.49. The summed E-state index contributed by atoms with van der Waals surface area (Å²) in [6, 6.07) is 2.60. The summed E-state index contributed by atoms with van der Waals surface area (Å²) in [6.45, 7) is 0. The monoisotopic (exact) mass is 240 g/mol. The van der Waals surface area contributed by atoms with Crippen LogP contribution in [-0.2, 0) is 0 Å². The zero-order valence-electron chi connectivity index (χ0n) is 7.73. The van der Waals surface area contributed by atoms with Gasteiger partial charge in [-0.2, -0.15) is 0 Å². The first-order valence-electron chi connectivity index (χ1n) is 4.15. The fraction of sp³-hybridized carbons (Fsp3) is 0. The molecule has 6 nitrogen and oxygen atoms in total. The molecule has 7 heteroatoms. The standard InChI is InChI=1S/C9H5ClN2O4/c10-5-1-4-6(11-3-12-8(4)13)2-7(5)16-9(14)15/h1-3H,(H,14,15)(H,11,12,13). The van der Waals surface area contributed by atoms with Crippen molar-refractivity contribution in [3.63, 3.8) is 0 Å². The molecule has 2 rings (SSSR count). The number of halogens is 1. The topological polar surface area (TPSA) is 92.3 Å². The lowest BCUT2D eigenvalue weighted by atomic mass is 10.2. The third-order valence-corrected chi connectivity index (χ3v) is 2.19. The Morgan fingerprint density at radius 3 is 2.94 bits per heavy atom. The number of aromatic nitrogens is 2. The summed E-state index contributed by atoms with van der Waals surface area (Å²) < 4.78 is 4.43. The van der Waals surface area contributed by atoms with E-state index >= 15 is 0 Å². The van der Waals surface area contributed by atoms with Gasteiger partial charge in [-0.25, -0.2) is 9.78 Å². The van der Waals surface area contributed by atoms with Crippen molar-refractivity contribution in [2.75, 3.05) is 0 Å². The zero-order chi connectivity index (χ0) is 11.7. The Kier molecular flexibility index (Phi) is 2.49. The quantitative estimate of drug-likeness (QED) is 0.584. The van der Waals surface area contributed by atoms with Crippen LogP contribution in [0.4, 0.5) is 4.79 Å². The van der Waals surface area contributed by atoms with Gasteiger partial charge in [0.25, 0.3) is 5.56 Å². The average Bonchev–Trinajstić information content (AvgIpc) is 2.20. The van der Waals surface area contributed by atoms with Crippen molar-refractivity contribution < 1.29 is 14.6 Å². The number of H-pyrrole nitrogens is 1. The second-order valence-electron chi connectivity index (χ2n) is 2.90. The maximum absolute atomic E-state index is 11.4. The van der Waals surface area contributed by atoms with Gasteiger partial charge in [-0.3, -0.25) is 4.79 Å². The molecule has 0 aliphatic rings. The van der Waals surface area contributed by atoms with Gasteiger partial charge in [-0.05, 0) is 6.07 Å². The van der Waals surface area contributed by atoms with Gasteiger partial charge in [0.2, 0.25) is 0 Å². The van der Waals surface area contributed by atoms with Crippen molar-refractivity contribution in [1.82, 2.24) is 9.97 Å². The van der Waals surface area contributed by atoms with Crippen molar-refractivity contribution >= 4 is 28.7 Å². The molecule has 0 fully saturated rings. The normalized spacial score (nSPS) is 10.3. The third-order valence-electron chi connectivity index (χ3n) is 1.89. The van der Waals surface area contributed by atoms with E-state index in [1.165, 1.54) is 18.5 Å². The van der Waals surface area contributed by atoms with Crippen molar-refractivity contribution in [1.29, 1.82) is 0 Å². The molecule has 16 heavy (non-hydrogen) atoms. The van der Waals surface area contributed by atoms with Crippen LogP contribution in [0.3, 0.4) is 0 Å². The molecule has 2 aromatic rings. The Labute approximate surface area is 93.5 Å². The van der Waals surface area contributed by atoms with Crippen LogP contribution in [-0.4, -0.2) is 21.2 Å². The van der Waals surface area contributed by atoms with Crippen LogP contribution in [0.2, 0.25) is 5.02 Å². The van der Waals surface area contributed by atoms with Gasteiger partial charge in [-0.15, -0.1) is 0 Å². The molecule has 82 valence electrons. The number of nitrogens with one attached hydrogen (secondary N) is 1. The Morgan fingerprint density at radius 2 is 2.25 bits per heavy atom. The van der Waals surface area contributed by atoms with Gasteiger partial charge in [-0.1, -0.05) is 11.6 Å². The second-order valence-corrected chi connectivity index (χ2v) is 3.31. The second kappa shape index (κ2) is 3.82. The number of ether oxygens (including phenoxy) is 1. The molecular weight excluding hydrogens is 236 g/mol. The van der Waals surface area contributed by atoms with Gasteiger partial charge in [0.15, 0.2) is 5.75 Å². The molecule has 0 atom stereocenters. The predicted octanol–water partition coefficient (Wildman–Crippen LogP) is 1.63. The smallest absolute Gasteiger partial charge is 0.449 e. The van der Waals surface area contributed by atoms with Crippen LogP contribution in [0, 0.1) is 0 Å². The van der Waals surface area contributed by atoms with Crippen molar-refractivity contribution in [2.24, 2.45) is 0 Å². The molecule has 2 N–H and O–H groups in total. The largest absolute Gasteiger partial charge is 0.511 e. The molecule has 0 radical (unpaired) electrons. The molecule has 0 unspecified atom stereocenters. The minimum Gasteiger partial charge on any atom is -0.449 e. The van der Waals surface area contributed by atoms with Gasteiger partial charge in [0, 0.05) is 6.07 Å². The number of hydrogen-bond acceptors (Lipinski definition) is 4. The summed E-state index contributed by atoms with van der Waals surface area (Å²) in [5, 5.41) is 8.75. The molecule has 0 saturated carbocycles. The van der Waals surface area contributed by atoms with Crippen molar-refractivity contribution in [3.05, 3.63) is 33.8 Å². The average molecular weight is 241 g/mol. The highest BCUT2D eigenvalue weighted by molar-refractivity contribution is 6.32. The molecule has 1 aromatic carbocycles. The van der Waals surface area contributed by atoms with Crippen molar-refractivity contribution in [2.45, 2.75) is 0 Å². The summed E-state index contributed by atoms with van der Waals surface area (Å²) in [5.74, 6) is -0.0558. The maximum Gasteiger partial charge on any atom is 0.511 e. The third kappa shape index (κ3) is 1.82. The summed E-state index contributed by atoms with van der Waals surface area (Å²) in [6.07, 6.45) is -0.269. The number of nitrogens with zero attached hydrogens (tertiary/aromatic N) is 1. The Balaban J connectivity index is 2.67. The fourth-order valence-electron chi connectivity index (χ4n) is 1.24. The number of rotatable bonds is 1. The van der Waals surface area contributed by atoms with Gasteiger partial charge < -0.3 is 14.8 Å². The molecule has 0 aliphatic carbocycles. The highest BCUT2D eigenvalue weighted by Crippen LogP contribution is 2.27.